The van der Waals surface area contributed by atoms with E-state index in [0.717, 1.165) is 6.42 Å². The maximum Gasteiger partial charge on any atom is 0.410 e. The number of nitrogens with zero attached hydrogens (tertiary/aromatic N) is 6. The van der Waals surface area contributed by atoms with Crippen LogP contribution in [0.3, 0.4) is 0 Å². The van der Waals surface area contributed by atoms with Gasteiger partial charge in [0.1, 0.15) is 23.7 Å². The maximum absolute atomic E-state index is 15.0. The molecule has 4 aromatic rings. The molecule has 2 aromatic carbocycles. The van der Waals surface area contributed by atoms with E-state index in [4.69, 9.17) is 23.7 Å². The fourth-order valence-corrected chi connectivity index (χ4v) is 6.83. The quantitative estimate of drug-likeness (QED) is 0.160. The van der Waals surface area contributed by atoms with Gasteiger partial charge in [0, 0.05) is 44.3 Å². The van der Waals surface area contributed by atoms with Crippen LogP contribution in [-0.2, 0) is 16.8 Å². The standard InChI is InChI=1S/C39H46F3N7O6/c1-6-39(35-46-34(55-47-35)29-13-16-43-36(45-29)48-17-19-49(20-18-48)37(51)54-38(2,3)4)14-11-24(12-15-39)22-44-33(50)27-21-28(40)32(31(42)30(27)41)53-23-25-7-9-26(52-5)10-8-25/h7-10,13,16,21,24H,6,11-12,14-15,17-20,22-23H2,1-5H3,(H,44,50). The highest BCUT2D eigenvalue weighted by atomic mass is 19.2. The lowest BCUT2D eigenvalue weighted by Crippen LogP contribution is -2.50. The predicted octanol–water partition coefficient (Wildman–Crippen LogP) is 6.86. The van der Waals surface area contributed by atoms with E-state index in [1.54, 1.807) is 41.4 Å². The second-order valence-corrected chi connectivity index (χ2v) is 14.9. The zero-order valence-corrected chi connectivity index (χ0v) is 31.7. The highest BCUT2D eigenvalue weighted by Crippen LogP contribution is 2.43. The molecule has 0 radical (unpaired) electrons. The van der Waals surface area contributed by atoms with Gasteiger partial charge in [-0.3, -0.25) is 4.79 Å². The number of carbonyl (C=O) groups excluding carboxylic acids is 2. The lowest BCUT2D eigenvalue weighted by Gasteiger charge is -2.37. The van der Waals surface area contributed by atoms with Gasteiger partial charge in [0.15, 0.2) is 23.2 Å². The summed E-state index contributed by atoms with van der Waals surface area (Å²) in [6, 6.07) is 8.99. The summed E-state index contributed by atoms with van der Waals surface area (Å²) in [6.07, 6.45) is 4.86. The predicted molar refractivity (Wildman–Crippen MR) is 195 cm³/mol. The van der Waals surface area contributed by atoms with Gasteiger partial charge in [-0.05, 0) is 88.6 Å². The smallest absolute Gasteiger partial charge is 0.410 e. The van der Waals surface area contributed by atoms with E-state index in [0.29, 0.717) is 86.7 Å². The second-order valence-electron chi connectivity index (χ2n) is 14.9. The van der Waals surface area contributed by atoms with Crippen molar-refractivity contribution in [2.75, 3.05) is 44.7 Å². The van der Waals surface area contributed by atoms with Gasteiger partial charge in [0.2, 0.25) is 11.8 Å². The van der Waals surface area contributed by atoms with Crippen molar-refractivity contribution in [1.29, 1.82) is 0 Å². The summed E-state index contributed by atoms with van der Waals surface area (Å²) in [5, 5.41) is 7.01. The molecule has 55 heavy (non-hydrogen) atoms. The Kier molecular flexibility index (Phi) is 11.8. The molecule has 6 rings (SSSR count). The summed E-state index contributed by atoms with van der Waals surface area (Å²) >= 11 is 0. The van der Waals surface area contributed by atoms with Crippen LogP contribution in [-0.4, -0.2) is 82.4 Å². The third-order valence-electron chi connectivity index (χ3n) is 10.2. The molecule has 16 heteroatoms. The third-order valence-corrected chi connectivity index (χ3v) is 10.2. The summed E-state index contributed by atoms with van der Waals surface area (Å²) in [5.41, 5.74) is -0.596. The first-order chi connectivity index (χ1) is 26.3. The lowest BCUT2D eigenvalue weighted by molar-refractivity contribution is 0.0240. The van der Waals surface area contributed by atoms with Gasteiger partial charge in [-0.25, -0.2) is 23.5 Å². The third kappa shape index (κ3) is 9.11. The minimum absolute atomic E-state index is 0.0417. The number of rotatable bonds is 11. The largest absolute Gasteiger partial charge is 0.497 e. The molecule has 2 fully saturated rings. The maximum atomic E-state index is 15.0. The lowest BCUT2D eigenvalue weighted by atomic mass is 9.68. The Morgan fingerprint density at radius 3 is 2.36 bits per heavy atom. The molecule has 1 aliphatic heterocycles. The molecule has 2 aromatic heterocycles. The van der Waals surface area contributed by atoms with Crippen LogP contribution in [0.15, 0.2) is 47.1 Å². The Labute approximate surface area is 317 Å². The SMILES string of the molecule is CCC1(c2noc(-c3ccnc(N4CCN(C(=O)OC(C)(C)C)CC4)n3)n2)CCC(CNC(=O)c2cc(F)c(OCc3ccc(OC)cc3)c(F)c2F)CC1. The molecule has 1 saturated heterocycles. The molecule has 1 aliphatic carbocycles. The Hall–Kier alpha value is -5.41. The van der Waals surface area contributed by atoms with E-state index >= 15 is 0 Å². The van der Waals surface area contributed by atoms with E-state index in [9.17, 15) is 22.8 Å². The number of benzene rings is 2. The van der Waals surface area contributed by atoms with Crippen LogP contribution in [0.2, 0.25) is 0 Å². The summed E-state index contributed by atoms with van der Waals surface area (Å²) < 4.78 is 66.3. The van der Waals surface area contributed by atoms with Crippen molar-refractivity contribution in [3.05, 3.63) is 77.0 Å². The first-order valence-electron chi connectivity index (χ1n) is 18.4. The molecule has 1 N–H and O–H groups in total. The number of hydrogen-bond donors (Lipinski definition) is 1. The number of anilines is 1. The molecular formula is C39H46F3N7O6. The van der Waals surface area contributed by atoms with Crippen molar-refractivity contribution in [1.82, 2.24) is 30.3 Å². The number of carbonyl (C=O) groups is 2. The Balaban J connectivity index is 1.02. The molecule has 294 valence electrons. The minimum Gasteiger partial charge on any atom is -0.497 e. The van der Waals surface area contributed by atoms with Crippen LogP contribution < -0.4 is 19.7 Å². The zero-order valence-electron chi connectivity index (χ0n) is 31.7. The number of piperazine rings is 1. The molecule has 3 heterocycles. The Bertz CT molecular complexity index is 1970. The van der Waals surface area contributed by atoms with E-state index in [1.807, 2.05) is 25.7 Å². The van der Waals surface area contributed by atoms with Gasteiger partial charge in [-0.2, -0.15) is 9.37 Å². The van der Waals surface area contributed by atoms with Gasteiger partial charge in [0.05, 0.1) is 12.7 Å². The molecule has 0 bridgehead atoms. The van der Waals surface area contributed by atoms with Crippen molar-refractivity contribution in [2.45, 2.75) is 77.4 Å². The van der Waals surface area contributed by atoms with Crippen molar-refractivity contribution in [3.8, 4) is 23.1 Å². The first kappa shape index (κ1) is 39.3. The van der Waals surface area contributed by atoms with Gasteiger partial charge in [-0.1, -0.05) is 24.2 Å². The zero-order chi connectivity index (χ0) is 39.3. The highest BCUT2D eigenvalue weighted by Gasteiger charge is 2.40. The van der Waals surface area contributed by atoms with Crippen LogP contribution >= 0.6 is 0 Å². The second kappa shape index (κ2) is 16.5. The minimum atomic E-state index is -1.57. The molecular weight excluding hydrogens is 719 g/mol. The normalized spacial score (nSPS) is 18.9. The number of halogens is 3. The van der Waals surface area contributed by atoms with Crippen LogP contribution in [0, 0.1) is 23.4 Å². The van der Waals surface area contributed by atoms with E-state index in [1.165, 1.54) is 7.11 Å². The summed E-state index contributed by atoms with van der Waals surface area (Å²) in [6.45, 7) is 9.58. The molecule has 0 spiro atoms. The highest BCUT2D eigenvalue weighted by molar-refractivity contribution is 5.94. The average Bonchev–Trinajstić information content (AvgIpc) is 3.70. The van der Waals surface area contributed by atoms with Crippen LogP contribution in [0.1, 0.15) is 81.5 Å². The van der Waals surface area contributed by atoms with Crippen molar-refractivity contribution < 1.29 is 41.5 Å². The summed E-state index contributed by atoms with van der Waals surface area (Å²) in [5.74, 6) is -4.07. The molecule has 2 aliphatic rings. The monoisotopic (exact) mass is 765 g/mol. The number of nitrogens with one attached hydrogen (secondary N) is 1. The molecule has 0 atom stereocenters. The van der Waals surface area contributed by atoms with Crippen molar-refractivity contribution >= 4 is 17.9 Å². The van der Waals surface area contributed by atoms with Gasteiger partial charge in [-0.15, -0.1) is 0 Å². The van der Waals surface area contributed by atoms with Crippen LogP contribution in [0.25, 0.3) is 11.6 Å². The molecule has 13 nitrogen and oxygen atoms in total. The Morgan fingerprint density at radius 2 is 1.71 bits per heavy atom. The van der Waals surface area contributed by atoms with Crippen molar-refractivity contribution in [3.63, 3.8) is 0 Å². The van der Waals surface area contributed by atoms with Gasteiger partial charge < -0.3 is 33.9 Å². The number of methoxy groups -OCH3 is 1. The van der Waals surface area contributed by atoms with E-state index in [2.05, 4.69) is 27.4 Å². The molecule has 1 saturated carbocycles. The summed E-state index contributed by atoms with van der Waals surface area (Å²) in [7, 11) is 1.51. The molecule has 2 amide bonds. The fraction of sp³-hybridized carbons (Fsp3) is 0.487. The van der Waals surface area contributed by atoms with Crippen LogP contribution in [0.4, 0.5) is 23.9 Å². The first-order valence-corrected chi connectivity index (χ1v) is 18.4. The van der Waals surface area contributed by atoms with E-state index in [-0.39, 0.29) is 36.5 Å². The summed E-state index contributed by atoms with van der Waals surface area (Å²) in [4.78, 5) is 42.9. The Morgan fingerprint density at radius 1 is 1.00 bits per heavy atom. The number of aromatic nitrogens is 4. The van der Waals surface area contributed by atoms with Crippen molar-refractivity contribution in [2.24, 2.45) is 5.92 Å². The fourth-order valence-electron chi connectivity index (χ4n) is 6.83. The van der Waals surface area contributed by atoms with Crippen LogP contribution in [0.5, 0.6) is 11.5 Å². The average molecular weight is 766 g/mol. The number of hydrogen-bond acceptors (Lipinski definition) is 11. The van der Waals surface area contributed by atoms with E-state index < -0.39 is 40.3 Å². The number of amides is 2. The van der Waals surface area contributed by atoms with Gasteiger partial charge in [0.25, 0.3) is 11.8 Å². The molecule has 0 unspecified atom stereocenters. The van der Waals surface area contributed by atoms with Gasteiger partial charge >= 0.3 is 6.09 Å². The topological polar surface area (TPSA) is 145 Å². The number of ether oxygens (including phenoxy) is 3.